The van der Waals surface area contributed by atoms with E-state index in [4.69, 9.17) is 5.73 Å². The van der Waals surface area contributed by atoms with E-state index >= 15 is 0 Å². The van der Waals surface area contributed by atoms with Gasteiger partial charge in [0.25, 0.3) is 0 Å². The molecular weight excluding hydrogens is 261 g/mol. The number of hydrogen-bond acceptors (Lipinski definition) is 2. The first-order chi connectivity index (χ1) is 9.20. The first-order valence-corrected chi connectivity index (χ1v) is 7.41. The third kappa shape index (κ3) is 3.72. The molecule has 0 saturated heterocycles. The molecule has 0 radical (unpaired) electrons. The maximum atomic E-state index is 12.8. The van der Waals surface area contributed by atoms with Crippen molar-refractivity contribution in [1.29, 1.82) is 0 Å². The van der Waals surface area contributed by atoms with Crippen molar-refractivity contribution in [2.75, 3.05) is 12.3 Å². The highest BCUT2D eigenvalue weighted by atomic mass is 32.2. The van der Waals surface area contributed by atoms with Crippen LogP contribution in [0.3, 0.4) is 0 Å². The van der Waals surface area contributed by atoms with Gasteiger partial charge in [-0.3, -0.25) is 4.21 Å². The molecule has 100 valence electrons. The molecule has 0 aliphatic rings. The zero-order valence-electron chi connectivity index (χ0n) is 10.5. The summed E-state index contributed by atoms with van der Waals surface area (Å²) in [5, 5.41) is 0. The second-order valence-corrected chi connectivity index (χ2v) is 5.81. The minimum Gasteiger partial charge on any atom is -0.330 e. The van der Waals surface area contributed by atoms with Crippen LogP contribution < -0.4 is 5.73 Å². The maximum Gasteiger partial charge on any atom is 0.123 e. The van der Waals surface area contributed by atoms with Gasteiger partial charge >= 0.3 is 0 Å². The largest absolute Gasteiger partial charge is 0.330 e. The Morgan fingerprint density at radius 2 is 1.68 bits per heavy atom. The van der Waals surface area contributed by atoms with Crippen molar-refractivity contribution in [2.45, 2.75) is 10.8 Å². The molecule has 2 aromatic carbocycles. The Balaban J connectivity index is 2.10. The maximum absolute atomic E-state index is 12.8. The van der Waals surface area contributed by atoms with E-state index in [1.54, 1.807) is 12.1 Å². The van der Waals surface area contributed by atoms with Gasteiger partial charge in [0.2, 0.25) is 0 Å². The lowest BCUT2D eigenvalue weighted by Gasteiger charge is -2.14. The molecule has 0 saturated carbocycles. The van der Waals surface area contributed by atoms with Crippen molar-refractivity contribution in [3.8, 4) is 0 Å². The van der Waals surface area contributed by atoms with Gasteiger partial charge in [-0.25, -0.2) is 4.39 Å². The van der Waals surface area contributed by atoms with E-state index in [0.717, 1.165) is 5.56 Å². The average molecular weight is 277 g/mol. The highest BCUT2D eigenvalue weighted by Gasteiger charge is 2.14. The minimum absolute atomic E-state index is 0.0482. The van der Waals surface area contributed by atoms with E-state index in [-0.39, 0.29) is 11.7 Å². The molecule has 2 unspecified atom stereocenters. The smallest absolute Gasteiger partial charge is 0.123 e. The van der Waals surface area contributed by atoms with Crippen molar-refractivity contribution in [1.82, 2.24) is 0 Å². The highest BCUT2D eigenvalue weighted by Crippen LogP contribution is 2.18. The SMILES string of the molecule is NCC(CS(=O)c1ccc(F)cc1)c1ccccc1. The molecule has 2 aromatic rings. The summed E-state index contributed by atoms with van der Waals surface area (Å²) >= 11 is 0. The van der Waals surface area contributed by atoms with E-state index < -0.39 is 10.8 Å². The molecule has 0 amide bonds. The Hall–Kier alpha value is -1.52. The minimum atomic E-state index is -1.17. The molecule has 4 heteroatoms. The summed E-state index contributed by atoms with van der Waals surface area (Å²) in [7, 11) is -1.17. The van der Waals surface area contributed by atoms with Crippen molar-refractivity contribution < 1.29 is 8.60 Å². The molecule has 19 heavy (non-hydrogen) atoms. The standard InChI is InChI=1S/C15H16FNOS/c16-14-6-8-15(9-7-14)19(18)11-13(10-17)12-4-2-1-3-5-12/h1-9,13H,10-11,17H2. The van der Waals surface area contributed by atoms with Gasteiger partial charge < -0.3 is 5.73 Å². The molecule has 0 heterocycles. The zero-order valence-corrected chi connectivity index (χ0v) is 11.3. The molecule has 2 nitrogen and oxygen atoms in total. The quantitative estimate of drug-likeness (QED) is 0.913. The summed E-state index contributed by atoms with van der Waals surface area (Å²) in [5.41, 5.74) is 6.84. The van der Waals surface area contributed by atoms with Crippen molar-refractivity contribution in [3.63, 3.8) is 0 Å². The fourth-order valence-corrected chi connectivity index (χ4v) is 3.22. The number of halogens is 1. The molecule has 0 fully saturated rings. The van der Waals surface area contributed by atoms with Gasteiger partial charge in [0.1, 0.15) is 5.82 Å². The summed E-state index contributed by atoms with van der Waals surface area (Å²) in [4.78, 5) is 0.635. The fraction of sp³-hybridized carbons (Fsp3) is 0.200. The summed E-state index contributed by atoms with van der Waals surface area (Å²) in [6.45, 7) is 0.441. The van der Waals surface area contributed by atoms with Crippen molar-refractivity contribution in [2.24, 2.45) is 5.73 Å². The first kappa shape index (κ1) is 13.9. The molecule has 0 bridgehead atoms. The van der Waals surface area contributed by atoms with Gasteiger partial charge in [-0.2, -0.15) is 0 Å². The topological polar surface area (TPSA) is 43.1 Å². The first-order valence-electron chi connectivity index (χ1n) is 6.09. The van der Waals surface area contributed by atoms with E-state index in [1.807, 2.05) is 30.3 Å². The van der Waals surface area contributed by atoms with Crippen LogP contribution in [0, 0.1) is 5.82 Å². The third-order valence-corrected chi connectivity index (χ3v) is 4.49. The molecule has 2 rings (SSSR count). The zero-order chi connectivity index (χ0) is 13.7. The van der Waals surface area contributed by atoms with Crippen LogP contribution in [0.2, 0.25) is 0 Å². The lowest BCUT2D eigenvalue weighted by Crippen LogP contribution is -2.19. The monoisotopic (exact) mass is 277 g/mol. The summed E-state index contributed by atoms with van der Waals surface area (Å²) < 4.78 is 25.1. The molecule has 0 aromatic heterocycles. The van der Waals surface area contributed by atoms with Gasteiger partial charge in [-0.1, -0.05) is 30.3 Å². The van der Waals surface area contributed by atoms with Gasteiger partial charge in [0.15, 0.2) is 0 Å². The Labute approximate surface area is 114 Å². The molecule has 2 atom stereocenters. The predicted octanol–water partition coefficient (Wildman–Crippen LogP) is 2.68. The van der Waals surface area contributed by atoms with Gasteiger partial charge in [0.05, 0.1) is 10.8 Å². The third-order valence-electron chi connectivity index (χ3n) is 2.98. The van der Waals surface area contributed by atoms with E-state index in [9.17, 15) is 8.60 Å². The average Bonchev–Trinajstić information content (AvgIpc) is 2.46. The van der Waals surface area contributed by atoms with E-state index in [2.05, 4.69) is 0 Å². The van der Waals surface area contributed by atoms with Gasteiger partial charge in [0, 0.05) is 23.1 Å². The normalized spacial score (nSPS) is 14.0. The van der Waals surface area contributed by atoms with Gasteiger partial charge in [-0.15, -0.1) is 0 Å². The molecule has 2 N–H and O–H groups in total. The van der Waals surface area contributed by atoms with Gasteiger partial charge in [-0.05, 0) is 29.8 Å². The van der Waals surface area contributed by atoms with Crippen LogP contribution in [0.4, 0.5) is 4.39 Å². The highest BCUT2D eigenvalue weighted by molar-refractivity contribution is 7.85. The number of benzene rings is 2. The predicted molar refractivity (Wildman–Crippen MR) is 75.9 cm³/mol. The number of rotatable bonds is 5. The summed E-state index contributed by atoms with van der Waals surface area (Å²) in [5.74, 6) is 0.179. The van der Waals surface area contributed by atoms with Crippen LogP contribution in [0.5, 0.6) is 0 Å². The number of hydrogen-bond donors (Lipinski definition) is 1. The molecular formula is C15H16FNOS. The Morgan fingerprint density at radius 1 is 1.05 bits per heavy atom. The van der Waals surface area contributed by atoms with E-state index in [1.165, 1.54) is 12.1 Å². The van der Waals surface area contributed by atoms with Crippen LogP contribution in [0.15, 0.2) is 59.5 Å². The fourth-order valence-electron chi connectivity index (χ4n) is 1.89. The van der Waals surface area contributed by atoms with Crippen LogP contribution in [-0.4, -0.2) is 16.5 Å². The van der Waals surface area contributed by atoms with E-state index in [0.29, 0.717) is 17.2 Å². The lowest BCUT2D eigenvalue weighted by molar-refractivity contribution is 0.626. The Kier molecular flexibility index (Phi) is 4.82. The van der Waals surface area contributed by atoms with Crippen LogP contribution in [-0.2, 0) is 10.8 Å². The number of nitrogens with two attached hydrogens (primary N) is 1. The summed E-state index contributed by atoms with van der Waals surface area (Å²) in [6, 6.07) is 15.6. The Bertz CT molecular complexity index is 542. The second kappa shape index (κ2) is 6.59. The molecule has 0 aliphatic carbocycles. The second-order valence-electron chi connectivity index (χ2n) is 4.31. The Morgan fingerprint density at radius 3 is 2.26 bits per heavy atom. The summed E-state index contributed by atoms with van der Waals surface area (Å²) in [6.07, 6.45) is 0. The van der Waals surface area contributed by atoms with Crippen LogP contribution in [0.25, 0.3) is 0 Å². The molecule has 0 spiro atoms. The lowest BCUT2D eigenvalue weighted by atomic mass is 10.0. The van der Waals surface area contributed by atoms with Crippen molar-refractivity contribution in [3.05, 3.63) is 66.0 Å². The van der Waals surface area contributed by atoms with Crippen molar-refractivity contribution >= 4 is 10.8 Å². The van der Waals surface area contributed by atoms with Crippen LogP contribution >= 0.6 is 0 Å². The van der Waals surface area contributed by atoms with Crippen LogP contribution in [0.1, 0.15) is 11.5 Å². The molecule has 0 aliphatic heterocycles.